The molecule has 0 saturated carbocycles. The number of amides is 2. The third kappa shape index (κ3) is 3.38. The maximum absolute atomic E-state index is 11.7. The molecule has 0 radical (unpaired) electrons. The van der Waals surface area contributed by atoms with Gasteiger partial charge in [0.15, 0.2) is 5.13 Å². The van der Waals surface area contributed by atoms with Gasteiger partial charge in [-0.25, -0.2) is 4.98 Å². The molecule has 18 heavy (non-hydrogen) atoms. The average Bonchev–Trinajstić information content (AvgIpc) is 2.97. The monoisotopic (exact) mass is 281 g/mol. The number of thiophene rings is 1. The molecule has 0 unspecified atom stereocenters. The van der Waals surface area contributed by atoms with Gasteiger partial charge >= 0.3 is 0 Å². The summed E-state index contributed by atoms with van der Waals surface area (Å²) in [6.07, 6.45) is 0.767. The second-order valence-electron chi connectivity index (χ2n) is 3.54. The van der Waals surface area contributed by atoms with Crippen molar-refractivity contribution in [1.29, 1.82) is 0 Å². The molecule has 0 aliphatic rings. The SMILES string of the molecule is NC(=O)CCc1csc(NC(=O)c2cccs2)n1. The molecule has 3 N–H and O–H groups in total. The molecule has 0 aliphatic carbocycles. The summed E-state index contributed by atoms with van der Waals surface area (Å²) in [4.78, 5) is 27.2. The van der Waals surface area contributed by atoms with Crippen LogP contribution >= 0.6 is 22.7 Å². The van der Waals surface area contributed by atoms with Crippen LogP contribution in [0.1, 0.15) is 21.8 Å². The highest BCUT2D eigenvalue weighted by atomic mass is 32.1. The molecule has 2 heterocycles. The summed E-state index contributed by atoms with van der Waals surface area (Å²) >= 11 is 2.71. The minimum Gasteiger partial charge on any atom is -0.370 e. The van der Waals surface area contributed by atoms with Crippen LogP contribution in [0.2, 0.25) is 0 Å². The Balaban J connectivity index is 1.94. The molecule has 2 aromatic heterocycles. The van der Waals surface area contributed by atoms with Crippen molar-refractivity contribution in [1.82, 2.24) is 4.98 Å². The van der Waals surface area contributed by atoms with Gasteiger partial charge in [0, 0.05) is 11.8 Å². The van der Waals surface area contributed by atoms with E-state index in [9.17, 15) is 9.59 Å². The Hall–Kier alpha value is -1.73. The fourth-order valence-corrected chi connectivity index (χ4v) is 2.66. The maximum Gasteiger partial charge on any atom is 0.267 e. The molecule has 0 spiro atoms. The first-order valence-electron chi connectivity index (χ1n) is 5.22. The van der Waals surface area contributed by atoms with Crippen molar-refractivity contribution in [3.63, 3.8) is 0 Å². The summed E-state index contributed by atoms with van der Waals surface area (Å²) in [5, 5.41) is 6.90. The molecule has 0 fully saturated rings. The summed E-state index contributed by atoms with van der Waals surface area (Å²) in [5.74, 6) is -0.520. The summed E-state index contributed by atoms with van der Waals surface area (Å²) in [6.45, 7) is 0. The Labute approximate surface area is 112 Å². The van der Waals surface area contributed by atoms with Gasteiger partial charge in [0.1, 0.15) is 0 Å². The summed E-state index contributed by atoms with van der Waals surface area (Å²) in [5.41, 5.74) is 5.82. The van der Waals surface area contributed by atoms with Crippen LogP contribution in [0.4, 0.5) is 5.13 Å². The molecule has 2 amide bonds. The number of anilines is 1. The van der Waals surface area contributed by atoms with Gasteiger partial charge in [-0.1, -0.05) is 6.07 Å². The van der Waals surface area contributed by atoms with E-state index in [1.54, 1.807) is 6.07 Å². The zero-order chi connectivity index (χ0) is 13.0. The summed E-state index contributed by atoms with van der Waals surface area (Å²) in [7, 11) is 0. The molecule has 2 aromatic rings. The number of aromatic nitrogens is 1. The second-order valence-corrected chi connectivity index (χ2v) is 5.35. The quantitative estimate of drug-likeness (QED) is 0.877. The van der Waals surface area contributed by atoms with Crippen molar-refractivity contribution in [2.75, 3.05) is 5.32 Å². The number of nitrogens with one attached hydrogen (secondary N) is 1. The largest absolute Gasteiger partial charge is 0.370 e. The van der Waals surface area contributed by atoms with Gasteiger partial charge < -0.3 is 5.73 Å². The highest BCUT2D eigenvalue weighted by Crippen LogP contribution is 2.18. The van der Waals surface area contributed by atoms with Gasteiger partial charge in [-0.15, -0.1) is 22.7 Å². The van der Waals surface area contributed by atoms with E-state index in [0.29, 0.717) is 16.4 Å². The van der Waals surface area contributed by atoms with Gasteiger partial charge in [-0.05, 0) is 17.9 Å². The highest BCUT2D eigenvalue weighted by Gasteiger charge is 2.10. The molecule has 7 heteroatoms. The number of nitrogens with zero attached hydrogens (tertiary/aromatic N) is 1. The molecule has 0 aliphatic heterocycles. The number of hydrogen-bond acceptors (Lipinski definition) is 5. The van der Waals surface area contributed by atoms with Crippen LogP contribution in [0.25, 0.3) is 0 Å². The number of nitrogens with two attached hydrogens (primary N) is 1. The fourth-order valence-electron chi connectivity index (χ4n) is 1.30. The van der Waals surface area contributed by atoms with Crippen LogP contribution in [0.3, 0.4) is 0 Å². The Morgan fingerprint density at radius 2 is 2.22 bits per heavy atom. The maximum atomic E-state index is 11.7. The Morgan fingerprint density at radius 1 is 1.39 bits per heavy atom. The number of carbonyl (C=O) groups excluding carboxylic acids is 2. The first-order chi connectivity index (χ1) is 8.65. The van der Waals surface area contributed by atoms with Crippen LogP contribution in [0.5, 0.6) is 0 Å². The van der Waals surface area contributed by atoms with Gasteiger partial charge in [0.05, 0.1) is 10.6 Å². The van der Waals surface area contributed by atoms with Crippen molar-refractivity contribution < 1.29 is 9.59 Å². The number of primary amides is 1. The lowest BCUT2D eigenvalue weighted by Crippen LogP contribution is -2.12. The Kier molecular flexibility index (Phi) is 4.06. The highest BCUT2D eigenvalue weighted by molar-refractivity contribution is 7.14. The van der Waals surface area contributed by atoms with Crippen LogP contribution < -0.4 is 11.1 Å². The van der Waals surface area contributed by atoms with Crippen molar-refractivity contribution in [2.45, 2.75) is 12.8 Å². The molecule has 2 rings (SSSR count). The first-order valence-corrected chi connectivity index (χ1v) is 6.98. The average molecular weight is 281 g/mol. The van der Waals surface area contributed by atoms with E-state index in [2.05, 4.69) is 10.3 Å². The Morgan fingerprint density at radius 3 is 2.89 bits per heavy atom. The van der Waals surface area contributed by atoms with E-state index < -0.39 is 0 Å². The number of carbonyl (C=O) groups is 2. The van der Waals surface area contributed by atoms with Crippen LogP contribution in [0.15, 0.2) is 22.9 Å². The second kappa shape index (κ2) is 5.74. The van der Waals surface area contributed by atoms with E-state index >= 15 is 0 Å². The molecule has 0 atom stereocenters. The summed E-state index contributed by atoms with van der Waals surface area (Å²) < 4.78 is 0. The smallest absolute Gasteiger partial charge is 0.267 e. The molecular weight excluding hydrogens is 270 g/mol. The Bertz CT molecular complexity index is 548. The number of thiazole rings is 1. The van der Waals surface area contributed by atoms with E-state index in [1.165, 1.54) is 22.7 Å². The van der Waals surface area contributed by atoms with Crippen molar-refractivity contribution >= 4 is 39.6 Å². The molecular formula is C11H11N3O2S2. The minimum atomic E-state index is -0.354. The van der Waals surface area contributed by atoms with Gasteiger partial charge in [0.2, 0.25) is 5.91 Å². The van der Waals surface area contributed by atoms with Crippen molar-refractivity contribution in [2.24, 2.45) is 5.73 Å². The van der Waals surface area contributed by atoms with E-state index in [4.69, 9.17) is 5.73 Å². The minimum absolute atomic E-state index is 0.166. The number of rotatable bonds is 5. The molecule has 0 saturated heterocycles. The first kappa shape index (κ1) is 12.7. The molecule has 94 valence electrons. The van der Waals surface area contributed by atoms with E-state index in [-0.39, 0.29) is 18.2 Å². The topological polar surface area (TPSA) is 85.1 Å². The van der Waals surface area contributed by atoms with Gasteiger partial charge in [0.25, 0.3) is 5.91 Å². The zero-order valence-corrected chi connectivity index (χ0v) is 11.0. The molecule has 0 bridgehead atoms. The van der Waals surface area contributed by atoms with Gasteiger partial charge in [-0.2, -0.15) is 0 Å². The van der Waals surface area contributed by atoms with Crippen LogP contribution in [-0.4, -0.2) is 16.8 Å². The third-order valence-corrected chi connectivity index (χ3v) is 3.82. The lowest BCUT2D eigenvalue weighted by atomic mass is 10.2. The summed E-state index contributed by atoms with van der Waals surface area (Å²) in [6, 6.07) is 3.57. The number of hydrogen-bond donors (Lipinski definition) is 2. The standard InChI is InChI=1S/C11H11N3O2S2/c12-9(15)4-3-7-6-18-11(13-7)14-10(16)8-2-1-5-17-8/h1-2,5-6H,3-4H2,(H2,12,15)(H,13,14,16). The van der Waals surface area contributed by atoms with Crippen molar-refractivity contribution in [3.05, 3.63) is 33.5 Å². The lowest BCUT2D eigenvalue weighted by Gasteiger charge is -1.97. The predicted molar refractivity (Wildman–Crippen MR) is 71.9 cm³/mol. The van der Waals surface area contributed by atoms with Gasteiger partial charge in [-0.3, -0.25) is 14.9 Å². The number of aryl methyl sites for hydroxylation is 1. The van der Waals surface area contributed by atoms with Crippen LogP contribution in [-0.2, 0) is 11.2 Å². The normalized spacial score (nSPS) is 10.2. The van der Waals surface area contributed by atoms with E-state index in [0.717, 1.165) is 5.69 Å². The zero-order valence-electron chi connectivity index (χ0n) is 9.38. The van der Waals surface area contributed by atoms with Crippen molar-refractivity contribution in [3.8, 4) is 0 Å². The predicted octanol–water partition coefficient (Wildman–Crippen LogP) is 1.87. The molecule has 5 nitrogen and oxygen atoms in total. The lowest BCUT2D eigenvalue weighted by molar-refractivity contribution is -0.118. The molecule has 0 aromatic carbocycles. The fraction of sp³-hybridized carbons (Fsp3) is 0.182. The third-order valence-electron chi connectivity index (χ3n) is 2.14. The van der Waals surface area contributed by atoms with Crippen LogP contribution in [0, 0.1) is 0 Å². The van der Waals surface area contributed by atoms with E-state index in [1.807, 2.05) is 16.8 Å².